The highest BCUT2D eigenvalue weighted by Crippen LogP contribution is 2.24. The monoisotopic (exact) mass is 376 g/mol. The van der Waals surface area contributed by atoms with E-state index in [1.165, 1.54) is 4.90 Å². The molecule has 0 radical (unpaired) electrons. The van der Waals surface area contributed by atoms with E-state index in [1.807, 2.05) is 0 Å². The third-order valence-electron chi connectivity index (χ3n) is 2.84. The van der Waals surface area contributed by atoms with Gasteiger partial charge in [0, 0.05) is 23.8 Å². The number of carbonyl (C=O) groups is 2. The van der Waals surface area contributed by atoms with Crippen LogP contribution in [0.5, 0.6) is 0 Å². The van der Waals surface area contributed by atoms with Crippen LogP contribution in [0, 0.1) is 5.92 Å². The standard InChI is InChI=1S/C11H10Br2N2O3/c12-7-3-8(13)9(14-4-7)10(16)15-2-1-6(5-15)11(17)18/h3-4,6H,1-2,5H2,(H,17,18). The highest BCUT2D eigenvalue weighted by molar-refractivity contribution is 9.11. The van der Waals surface area contributed by atoms with Crippen molar-refractivity contribution in [3.63, 3.8) is 0 Å². The zero-order valence-corrected chi connectivity index (χ0v) is 12.4. The summed E-state index contributed by atoms with van der Waals surface area (Å²) in [6.07, 6.45) is 2.04. The highest BCUT2D eigenvalue weighted by Gasteiger charge is 2.32. The van der Waals surface area contributed by atoms with E-state index in [4.69, 9.17) is 5.11 Å². The molecule has 1 aromatic heterocycles. The summed E-state index contributed by atoms with van der Waals surface area (Å²) in [6.45, 7) is 0.707. The first kappa shape index (κ1) is 13.5. The van der Waals surface area contributed by atoms with Gasteiger partial charge in [-0.05, 0) is 44.3 Å². The molecule has 18 heavy (non-hydrogen) atoms. The highest BCUT2D eigenvalue weighted by atomic mass is 79.9. The fourth-order valence-corrected chi connectivity index (χ4v) is 3.03. The van der Waals surface area contributed by atoms with E-state index >= 15 is 0 Å². The first-order valence-electron chi connectivity index (χ1n) is 5.32. The Bertz CT molecular complexity index is 507. The third-order valence-corrected chi connectivity index (χ3v) is 3.87. The van der Waals surface area contributed by atoms with Crippen molar-refractivity contribution in [2.75, 3.05) is 13.1 Å². The summed E-state index contributed by atoms with van der Waals surface area (Å²) in [4.78, 5) is 28.6. The van der Waals surface area contributed by atoms with Crippen LogP contribution in [0.15, 0.2) is 21.2 Å². The van der Waals surface area contributed by atoms with Crippen LogP contribution in [0.1, 0.15) is 16.9 Å². The number of pyridine rings is 1. The van der Waals surface area contributed by atoms with Crippen LogP contribution >= 0.6 is 31.9 Å². The van der Waals surface area contributed by atoms with Crippen molar-refractivity contribution >= 4 is 43.7 Å². The van der Waals surface area contributed by atoms with Gasteiger partial charge in [0.15, 0.2) is 0 Å². The largest absolute Gasteiger partial charge is 0.481 e. The number of carboxylic acids is 1. The average Bonchev–Trinajstić information content (AvgIpc) is 2.77. The second-order valence-electron chi connectivity index (χ2n) is 4.06. The van der Waals surface area contributed by atoms with Gasteiger partial charge >= 0.3 is 5.97 Å². The van der Waals surface area contributed by atoms with Gasteiger partial charge < -0.3 is 10.0 Å². The Hall–Kier alpha value is -0.950. The summed E-state index contributed by atoms with van der Waals surface area (Å²) in [5.74, 6) is -1.56. The topological polar surface area (TPSA) is 70.5 Å². The van der Waals surface area contributed by atoms with Crippen molar-refractivity contribution < 1.29 is 14.7 Å². The van der Waals surface area contributed by atoms with E-state index in [0.29, 0.717) is 23.1 Å². The minimum absolute atomic E-state index is 0.238. The van der Waals surface area contributed by atoms with Crippen molar-refractivity contribution in [2.45, 2.75) is 6.42 Å². The molecule has 5 nitrogen and oxygen atoms in total. The zero-order chi connectivity index (χ0) is 13.3. The maximum Gasteiger partial charge on any atom is 0.308 e. The van der Waals surface area contributed by atoms with E-state index in [2.05, 4.69) is 36.8 Å². The maximum atomic E-state index is 12.2. The van der Waals surface area contributed by atoms with E-state index < -0.39 is 11.9 Å². The molecule has 1 aliphatic heterocycles. The van der Waals surface area contributed by atoms with E-state index in [-0.39, 0.29) is 12.5 Å². The number of rotatable bonds is 2. The summed E-state index contributed by atoms with van der Waals surface area (Å²) >= 11 is 6.54. The molecule has 0 spiro atoms. The third kappa shape index (κ3) is 2.72. The molecule has 0 aromatic carbocycles. The van der Waals surface area contributed by atoms with Gasteiger partial charge in [0.05, 0.1) is 10.4 Å². The SMILES string of the molecule is O=C(O)C1CCN(C(=O)c2ncc(Br)cc2Br)C1. The molecule has 2 rings (SSSR count). The summed E-state index contributed by atoms with van der Waals surface area (Å²) in [6, 6.07) is 1.74. The van der Waals surface area contributed by atoms with Crippen LogP contribution in [0.4, 0.5) is 0 Å². The maximum absolute atomic E-state index is 12.2. The summed E-state index contributed by atoms with van der Waals surface area (Å²) in [5.41, 5.74) is 0.309. The number of hydrogen-bond donors (Lipinski definition) is 1. The number of amides is 1. The number of likely N-dealkylation sites (tertiary alicyclic amines) is 1. The molecule has 2 heterocycles. The Morgan fingerprint density at radius 3 is 2.72 bits per heavy atom. The molecular weight excluding hydrogens is 368 g/mol. The van der Waals surface area contributed by atoms with Crippen LogP contribution in [-0.4, -0.2) is 40.0 Å². The molecule has 1 N–H and O–H groups in total. The Kier molecular flexibility index (Phi) is 4.01. The first-order valence-corrected chi connectivity index (χ1v) is 6.90. The molecule has 1 aromatic rings. The Balaban J connectivity index is 2.15. The van der Waals surface area contributed by atoms with Gasteiger partial charge in [0.25, 0.3) is 5.91 Å². The molecule has 7 heteroatoms. The molecule has 1 atom stereocenters. The normalized spacial score (nSPS) is 19.0. The summed E-state index contributed by atoms with van der Waals surface area (Å²) < 4.78 is 1.37. The lowest BCUT2D eigenvalue weighted by atomic mass is 10.1. The van der Waals surface area contributed by atoms with E-state index in [0.717, 1.165) is 4.47 Å². The predicted octanol–water partition coefficient (Wildman–Crippen LogP) is 2.15. The van der Waals surface area contributed by atoms with Crippen LogP contribution in [0.2, 0.25) is 0 Å². The van der Waals surface area contributed by atoms with Crippen LogP contribution < -0.4 is 0 Å². The number of hydrogen-bond acceptors (Lipinski definition) is 3. The molecule has 96 valence electrons. The molecule has 1 aliphatic rings. The molecule has 1 amide bonds. The quantitative estimate of drug-likeness (QED) is 0.857. The van der Waals surface area contributed by atoms with Gasteiger partial charge in [-0.3, -0.25) is 9.59 Å². The molecule has 0 bridgehead atoms. The van der Waals surface area contributed by atoms with Crippen molar-refractivity contribution in [3.8, 4) is 0 Å². The van der Waals surface area contributed by atoms with E-state index in [1.54, 1.807) is 12.3 Å². The minimum Gasteiger partial charge on any atom is -0.481 e. The number of halogens is 2. The van der Waals surface area contributed by atoms with Gasteiger partial charge in [-0.25, -0.2) is 4.98 Å². The smallest absolute Gasteiger partial charge is 0.308 e. The van der Waals surface area contributed by atoms with Crippen molar-refractivity contribution in [1.82, 2.24) is 9.88 Å². The lowest BCUT2D eigenvalue weighted by Crippen LogP contribution is -2.30. The van der Waals surface area contributed by atoms with Gasteiger partial charge in [-0.2, -0.15) is 0 Å². The van der Waals surface area contributed by atoms with Crippen LogP contribution in [0.25, 0.3) is 0 Å². The lowest BCUT2D eigenvalue weighted by Gasteiger charge is -2.15. The second-order valence-corrected chi connectivity index (χ2v) is 5.83. The molecule has 1 fully saturated rings. The van der Waals surface area contributed by atoms with Gasteiger partial charge in [0.1, 0.15) is 5.69 Å². The number of nitrogens with zero attached hydrogens (tertiary/aromatic N) is 2. The number of carboxylic acid groups (broad SMARTS) is 1. The molecule has 1 saturated heterocycles. The predicted molar refractivity (Wildman–Crippen MR) is 71.3 cm³/mol. The first-order chi connectivity index (χ1) is 8.49. The number of aliphatic carboxylic acids is 1. The fraction of sp³-hybridized carbons (Fsp3) is 0.364. The lowest BCUT2D eigenvalue weighted by molar-refractivity contribution is -0.141. The Labute approximate surface area is 120 Å². The van der Waals surface area contributed by atoms with Crippen molar-refractivity contribution in [3.05, 3.63) is 26.9 Å². The van der Waals surface area contributed by atoms with Crippen LogP contribution in [0.3, 0.4) is 0 Å². The number of aromatic nitrogens is 1. The minimum atomic E-state index is -0.854. The number of carbonyl (C=O) groups excluding carboxylic acids is 1. The Morgan fingerprint density at radius 2 is 2.17 bits per heavy atom. The summed E-state index contributed by atoms with van der Waals surface area (Å²) in [5, 5.41) is 8.91. The molecule has 0 saturated carbocycles. The van der Waals surface area contributed by atoms with Gasteiger partial charge in [0.2, 0.25) is 0 Å². The van der Waals surface area contributed by atoms with Gasteiger partial charge in [-0.15, -0.1) is 0 Å². The van der Waals surface area contributed by atoms with Crippen molar-refractivity contribution in [2.24, 2.45) is 5.92 Å². The van der Waals surface area contributed by atoms with Crippen molar-refractivity contribution in [1.29, 1.82) is 0 Å². The van der Waals surface area contributed by atoms with Crippen LogP contribution in [-0.2, 0) is 4.79 Å². The molecular formula is C11H10Br2N2O3. The van der Waals surface area contributed by atoms with E-state index in [9.17, 15) is 9.59 Å². The molecule has 1 unspecified atom stereocenters. The molecule has 0 aliphatic carbocycles. The second kappa shape index (κ2) is 5.36. The zero-order valence-electron chi connectivity index (χ0n) is 9.27. The summed E-state index contributed by atoms with van der Waals surface area (Å²) in [7, 11) is 0. The fourth-order valence-electron chi connectivity index (χ4n) is 1.87. The Morgan fingerprint density at radius 1 is 1.44 bits per heavy atom. The average molecular weight is 378 g/mol. The van der Waals surface area contributed by atoms with Gasteiger partial charge in [-0.1, -0.05) is 0 Å².